The number of carboxylic acids is 1. The number of nitrogens with zero attached hydrogens (tertiary/aromatic N) is 1. The van der Waals surface area contributed by atoms with Crippen molar-refractivity contribution in [2.45, 2.75) is 19.5 Å². The van der Waals surface area contributed by atoms with E-state index in [9.17, 15) is 18.0 Å². The maximum absolute atomic E-state index is 12.6. The molecule has 4 nitrogen and oxygen atoms in total. The fourth-order valence-corrected chi connectivity index (χ4v) is 1.94. The molecule has 0 amide bonds. The second-order valence-electron chi connectivity index (χ2n) is 4.66. The monoisotopic (exact) mass is 299 g/mol. The molecule has 0 bridgehead atoms. The predicted molar refractivity (Wildman–Crippen MR) is 68.9 cm³/mol. The van der Waals surface area contributed by atoms with Crippen LogP contribution in [0.5, 0.6) is 0 Å². The van der Waals surface area contributed by atoms with Gasteiger partial charge in [0.15, 0.2) is 0 Å². The number of halogens is 3. The van der Waals surface area contributed by atoms with E-state index in [2.05, 4.69) is 9.99 Å². The van der Waals surface area contributed by atoms with Crippen molar-refractivity contribution in [2.24, 2.45) is 11.1 Å². The first-order valence-electron chi connectivity index (χ1n) is 6.15. The van der Waals surface area contributed by atoms with Crippen LogP contribution in [0.3, 0.4) is 0 Å². The summed E-state index contributed by atoms with van der Waals surface area (Å²) in [5.41, 5.74) is 0.753. The molecule has 1 atom stereocenters. The molecule has 0 aliphatic carbocycles. The first-order chi connectivity index (χ1) is 9.79. The van der Waals surface area contributed by atoms with Crippen LogP contribution in [0.1, 0.15) is 29.3 Å². The number of carbonyl (C=O) groups is 1. The predicted octanol–water partition coefficient (Wildman–Crippen LogP) is 3.59. The fourth-order valence-electron chi connectivity index (χ4n) is 1.94. The third-order valence-electron chi connectivity index (χ3n) is 3.05. The Bertz CT molecular complexity index is 620. The lowest BCUT2D eigenvalue weighted by molar-refractivity contribution is -0.130. The smallest absolute Gasteiger partial charge is 0.451 e. The van der Waals surface area contributed by atoms with E-state index in [-0.39, 0.29) is 23.6 Å². The molecule has 0 saturated carbocycles. The Kier molecular flexibility index (Phi) is 4.02. The summed E-state index contributed by atoms with van der Waals surface area (Å²) in [4.78, 5) is 15.4. The van der Waals surface area contributed by atoms with Crippen molar-refractivity contribution in [1.29, 1.82) is 0 Å². The average molecular weight is 299 g/mol. The minimum Gasteiger partial charge on any atom is -0.478 e. The van der Waals surface area contributed by atoms with Gasteiger partial charge in [-0.15, -0.1) is 0 Å². The van der Waals surface area contributed by atoms with Crippen LogP contribution < -0.4 is 0 Å². The van der Waals surface area contributed by atoms with Gasteiger partial charge in [0.2, 0.25) is 5.76 Å². The average Bonchev–Trinajstić information content (AvgIpc) is 2.60. The lowest BCUT2D eigenvalue weighted by atomic mass is 9.94. The van der Waals surface area contributed by atoms with Crippen LogP contribution in [0.15, 0.2) is 41.3 Å². The number of rotatable bonds is 2. The molecule has 1 heterocycles. The van der Waals surface area contributed by atoms with Gasteiger partial charge in [-0.25, -0.2) is 4.79 Å². The minimum atomic E-state index is -4.60. The third-order valence-corrected chi connectivity index (χ3v) is 3.05. The van der Waals surface area contributed by atoms with Crippen molar-refractivity contribution in [2.75, 3.05) is 0 Å². The summed E-state index contributed by atoms with van der Waals surface area (Å²) in [7, 11) is 0. The molecule has 0 spiro atoms. The second kappa shape index (κ2) is 5.59. The van der Waals surface area contributed by atoms with Gasteiger partial charge < -0.3 is 9.94 Å². The van der Waals surface area contributed by atoms with Crippen LogP contribution in [-0.2, 0) is 4.84 Å². The van der Waals surface area contributed by atoms with E-state index < -0.39 is 17.9 Å². The van der Waals surface area contributed by atoms with Gasteiger partial charge in [-0.1, -0.05) is 24.2 Å². The molecular weight excluding hydrogens is 287 g/mol. The molecule has 21 heavy (non-hydrogen) atoms. The van der Waals surface area contributed by atoms with Crippen molar-refractivity contribution in [3.63, 3.8) is 0 Å². The van der Waals surface area contributed by atoms with Gasteiger partial charge in [-0.05, 0) is 24.6 Å². The fraction of sp³-hybridized carbons (Fsp3) is 0.286. The summed E-state index contributed by atoms with van der Waals surface area (Å²) in [6.45, 7) is 1.70. The van der Waals surface area contributed by atoms with E-state index in [1.165, 1.54) is 18.2 Å². The maximum atomic E-state index is 12.6. The van der Waals surface area contributed by atoms with Crippen LogP contribution in [0.2, 0.25) is 0 Å². The quantitative estimate of drug-likeness (QED) is 0.907. The highest BCUT2D eigenvalue weighted by molar-refractivity contribution is 6.03. The van der Waals surface area contributed by atoms with Crippen LogP contribution in [0.25, 0.3) is 0 Å². The maximum Gasteiger partial charge on any atom is 0.451 e. The van der Waals surface area contributed by atoms with E-state index in [4.69, 9.17) is 5.11 Å². The zero-order valence-corrected chi connectivity index (χ0v) is 11.0. The van der Waals surface area contributed by atoms with Crippen molar-refractivity contribution in [3.8, 4) is 0 Å². The Morgan fingerprint density at radius 1 is 1.43 bits per heavy atom. The van der Waals surface area contributed by atoms with Gasteiger partial charge in [-0.2, -0.15) is 13.2 Å². The molecule has 112 valence electrons. The SMILES string of the molecule is CC1CC=C(C(F)(F)F)ON=C1c1cccc(C(=O)O)c1. The summed E-state index contributed by atoms with van der Waals surface area (Å²) in [6.07, 6.45) is -3.55. The number of allylic oxidation sites excluding steroid dienone is 2. The van der Waals surface area contributed by atoms with E-state index in [1.54, 1.807) is 13.0 Å². The molecule has 0 fully saturated rings. The van der Waals surface area contributed by atoms with Crippen molar-refractivity contribution in [1.82, 2.24) is 0 Å². The molecule has 0 radical (unpaired) electrons. The first-order valence-corrected chi connectivity index (χ1v) is 6.15. The van der Waals surface area contributed by atoms with Crippen LogP contribution in [0.4, 0.5) is 13.2 Å². The highest BCUT2D eigenvalue weighted by Gasteiger charge is 2.38. The molecule has 1 unspecified atom stereocenters. The normalized spacial score (nSPS) is 19.1. The molecule has 0 saturated heterocycles. The highest BCUT2D eigenvalue weighted by atomic mass is 19.4. The van der Waals surface area contributed by atoms with Gasteiger partial charge >= 0.3 is 12.1 Å². The number of benzene rings is 1. The Balaban J connectivity index is 2.34. The summed E-state index contributed by atoms with van der Waals surface area (Å²) in [6, 6.07) is 5.86. The van der Waals surface area contributed by atoms with Crippen LogP contribution in [0, 0.1) is 5.92 Å². The third kappa shape index (κ3) is 3.42. The number of aromatic carboxylic acids is 1. The van der Waals surface area contributed by atoms with Gasteiger partial charge in [0.1, 0.15) is 0 Å². The topological polar surface area (TPSA) is 58.9 Å². The van der Waals surface area contributed by atoms with Gasteiger partial charge in [0.05, 0.1) is 11.3 Å². The molecule has 1 aliphatic rings. The van der Waals surface area contributed by atoms with E-state index in [0.29, 0.717) is 5.56 Å². The van der Waals surface area contributed by atoms with E-state index >= 15 is 0 Å². The molecule has 1 aliphatic heterocycles. The van der Waals surface area contributed by atoms with Crippen molar-refractivity contribution < 1.29 is 27.9 Å². The van der Waals surface area contributed by atoms with Crippen molar-refractivity contribution in [3.05, 3.63) is 47.2 Å². The van der Waals surface area contributed by atoms with Gasteiger partial charge in [0, 0.05) is 11.5 Å². The zero-order chi connectivity index (χ0) is 15.6. The molecule has 1 N–H and O–H groups in total. The lowest BCUT2D eigenvalue weighted by Crippen LogP contribution is -2.13. The number of carboxylic acid groups (broad SMARTS) is 1. The standard InChI is InChI=1S/C14H12F3NO3/c1-8-5-6-11(14(15,16)17)21-18-12(8)9-3-2-4-10(7-9)13(19)20/h2-4,6-8H,5H2,1H3,(H,19,20). The molecule has 1 aromatic rings. The molecule has 1 aromatic carbocycles. The van der Waals surface area contributed by atoms with Crippen LogP contribution in [-0.4, -0.2) is 23.0 Å². The minimum absolute atomic E-state index is 0.0376. The Morgan fingerprint density at radius 2 is 2.14 bits per heavy atom. The second-order valence-corrected chi connectivity index (χ2v) is 4.66. The molecule has 0 aromatic heterocycles. The lowest BCUT2D eigenvalue weighted by Gasteiger charge is -2.11. The van der Waals surface area contributed by atoms with E-state index in [0.717, 1.165) is 6.08 Å². The van der Waals surface area contributed by atoms with E-state index in [1.807, 2.05) is 0 Å². The highest BCUT2D eigenvalue weighted by Crippen LogP contribution is 2.30. The van der Waals surface area contributed by atoms with Crippen LogP contribution >= 0.6 is 0 Å². The summed E-state index contributed by atoms with van der Waals surface area (Å²) >= 11 is 0. The summed E-state index contributed by atoms with van der Waals surface area (Å²) in [5, 5.41) is 12.5. The van der Waals surface area contributed by atoms with Gasteiger partial charge in [-0.3, -0.25) is 0 Å². The largest absolute Gasteiger partial charge is 0.478 e. The Hall–Kier alpha value is -2.31. The Labute approximate surface area is 118 Å². The summed E-state index contributed by atoms with van der Waals surface area (Å²) in [5.74, 6) is -2.60. The molecule has 2 rings (SSSR count). The Morgan fingerprint density at radius 3 is 2.76 bits per heavy atom. The first kappa shape index (κ1) is 15.1. The number of hydrogen-bond donors (Lipinski definition) is 1. The molecule has 7 heteroatoms. The van der Waals surface area contributed by atoms with Gasteiger partial charge in [0.25, 0.3) is 0 Å². The van der Waals surface area contributed by atoms with Crippen molar-refractivity contribution >= 4 is 11.7 Å². The summed E-state index contributed by atoms with van der Waals surface area (Å²) < 4.78 is 37.8. The number of hydrogen-bond acceptors (Lipinski definition) is 3. The molecular formula is C14H12F3NO3. The number of oxime groups is 1. The number of alkyl halides is 3. The zero-order valence-electron chi connectivity index (χ0n) is 11.0.